The van der Waals surface area contributed by atoms with Crippen LogP contribution >= 0.6 is 0 Å². The van der Waals surface area contributed by atoms with Crippen molar-refractivity contribution in [2.45, 2.75) is 25.8 Å². The van der Waals surface area contributed by atoms with E-state index in [1.165, 1.54) is 29.9 Å². The maximum absolute atomic E-state index is 14.0. The number of sulfonamides is 1. The number of methoxy groups -OCH3 is 1. The Bertz CT molecular complexity index is 1070. The normalized spacial score (nSPS) is 15.7. The lowest BCUT2D eigenvalue weighted by Crippen LogP contribution is -2.42. The summed E-state index contributed by atoms with van der Waals surface area (Å²) in [6, 6.07) is 2.53. The first-order valence-electron chi connectivity index (χ1n) is 9.33. The van der Waals surface area contributed by atoms with Gasteiger partial charge in [-0.3, -0.25) is 4.79 Å². The zero-order valence-electron chi connectivity index (χ0n) is 17.0. The fourth-order valence-corrected chi connectivity index (χ4v) is 4.17. The molecule has 0 spiro atoms. The van der Waals surface area contributed by atoms with Crippen molar-refractivity contribution in [1.82, 2.24) is 14.3 Å². The minimum absolute atomic E-state index is 0.0183. The minimum atomic E-state index is -3.20. The molecule has 11 heteroatoms. The number of ketones is 1. The van der Waals surface area contributed by atoms with Gasteiger partial charge >= 0.3 is 0 Å². The van der Waals surface area contributed by atoms with E-state index in [0.29, 0.717) is 31.5 Å². The molecule has 0 unspecified atom stereocenters. The Kier molecular flexibility index (Phi) is 6.22. The van der Waals surface area contributed by atoms with E-state index in [9.17, 15) is 17.6 Å². The summed E-state index contributed by atoms with van der Waals surface area (Å²) in [6.07, 6.45) is 3.67. The molecule has 0 bridgehead atoms. The third kappa shape index (κ3) is 4.68. The highest BCUT2D eigenvalue weighted by Crippen LogP contribution is 2.27. The lowest BCUT2D eigenvalue weighted by molar-refractivity contribution is 0.103. The van der Waals surface area contributed by atoms with Crippen molar-refractivity contribution >= 4 is 27.6 Å². The largest absolute Gasteiger partial charge is 0.496 e. The molecule has 1 aromatic heterocycles. The van der Waals surface area contributed by atoms with Crippen LogP contribution in [-0.2, 0) is 10.0 Å². The molecule has 1 saturated heterocycles. The van der Waals surface area contributed by atoms with Crippen molar-refractivity contribution in [1.29, 1.82) is 0 Å². The maximum Gasteiger partial charge on any atom is 0.224 e. The molecule has 0 aliphatic carbocycles. The first kappa shape index (κ1) is 21.9. The second kappa shape index (κ2) is 8.52. The Morgan fingerprint density at radius 1 is 1.30 bits per heavy atom. The lowest BCUT2D eigenvalue weighted by Gasteiger charge is -2.30. The van der Waals surface area contributed by atoms with Gasteiger partial charge in [0.05, 0.1) is 24.5 Å². The molecule has 1 aliphatic rings. The van der Waals surface area contributed by atoms with Crippen LogP contribution < -0.4 is 15.8 Å². The number of nitrogens with zero attached hydrogens (tertiary/aromatic N) is 3. The van der Waals surface area contributed by atoms with Crippen LogP contribution in [0.5, 0.6) is 5.75 Å². The Morgan fingerprint density at radius 3 is 2.53 bits per heavy atom. The molecule has 9 nitrogen and oxygen atoms in total. The van der Waals surface area contributed by atoms with E-state index in [2.05, 4.69) is 15.3 Å². The van der Waals surface area contributed by atoms with Gasteiger partial charge in [0.1, 0.15) is 17.4 Å². The highest BCUT2D eigenvalue weighted by Gasteiger charge is 2.26. The van der Waals surface area contributed by atoms with Crippen LogP contribution in [0.4, 0.5) is 16.2 Å². The number of rotatable bonds is 6. The van der Waals surface area contributed by atoms with Crippen LogP contribution in [0.3, 0.4) is 0 Å². The van der Waals surface area contributed by atoms with Crippen molar-refractivity contribution in [3.8, 4) is 5.75 Å². The maximum atomic E-state index is 14.0. The predicted octanol–water partition coefficient (Wildman–Crippen LogP) is 1.58. The van der Waals surface area contributed by atoms with E-state index < -0.39 is 21.6 Å². The van der Waals surface area contributed by atoms with Gasteiger partial charge in [0.2, 0.25) is 21.8 Å². The number of piperidine rings is 1. The number of hydrogen-bond acceptors (Lipinski definition) is 8. The van der Waals surface area contributed by atoms with Crippen molar-refractivity contribution in [3.05, 3.63) is 40.8 Å². The number of halogens is 1. The van der Waals surface area contributed by atoms with Crippen molar-refractivity contribution in [2.24, 2.45) is 0 Å². The second-order valence-electron chi connectivity index (χ2n) is 7.20. The number of anilines is 2. The van der Waals surface area contributed by atoms with E-state index >= 15 is 0 Å². The second-order valence-corrected chi connectivity index (χ2v) is 9.19. The van der Waals surface area contributed by atoms with E-state index in [1.807, 2.05) is 0 Å². The van der Waals surface area contributed by atoms with Gasteiger partial charge in [-0.25, -0.2) is 22.1 Å². The smallest absolute Gasteiger partial charge is 0.224 e. The number of nitrogen functional groups attached to an aromatic ring is 1. The van der Waals surface area contributed by atoms with Gasteiger partial charge in [-0.15, -0.1) is 0 Å². The monoisotopic (exact) mass is 437 g/mol. The van der Waals surface area contributed by atoms with E-state index in [-0.39, 0.29) is 34.7 Å². The molecule has 2 aromatic rings. The van der Waals surface area contributed by atoms with Crippen molar-refractivity contribution < 1.29 is 22.3 Å². The molecule has 2 heterocycles. The molecule has 162 valence electrons. The molecule has 1 fully saturated rings. The van der Waals surface area contributed by atoms with Gasteiger partial charge in [0.25, 0.3) is 0 Å². The molecule has 1 aliphatic heterocycles. The molecular formula is C19H24FN5O4S. The Hall–Kier alpha value is -2.79. The molecule has 0 amide bonds. The molecule has 1 aromatic carbocycles. The zero-order valence-corrected chi connectivity index (χ0v) is 17.8. The van der Waals surface area contributed by atoms with Crippen LogP contribution in [0.15, 0.2) is 18.3 Å². The van der Waals surface area contributed by atoms with Gasteiger partial charge in [0, 0.05) is 25.3 Å². The Morgan fingerprint density at radius 2 is 1.97 bits per heavy atom. The summed E-state index contributed by atoms with van der Waals surface area (Å²) in [4.78, 5) is 21.2. The van der Waals surface area contributed by atoms with Crippen LogP contribution in [0.1, 0.15) is 34.3 Å². The molecule has 0 atom stereocenters. The first-order chi connectivity index (χ1) is 14.1. The molecule has 3 N–H and O–H groups in total. The molecular weight excluding hydrogens is 413 g/mol. The minimum Gasteiger partial charge on any atom is -0.496 e. The number of nitrogens with two attached hydrogens (primary N) is 1. The number of hydrogen-bond donors (Lipinski definition) is 2. The Balaban J connectivity index is 1.75. The van der Waals surface area contributed by atoms with Gasteiger partial charge in [0.15, 0.2) is 0 Å². The third-order valence-electron chi connectivity index (χ3n) is 5.04. The standard InChI is InChI=1S/C19H24FN5O4S/c1-11-8-16(29-2)13(9-15(11)20)17(26)14-10-22-19(24-18(14)21)23-12-4-6-25(7-5-12)30(3,27)28/h8-10,12H,4-7H2,1-3H3,(H3,21,22,23,24). The average molecular weight is 437 g/mol. The first-order valence-corrected chi connectivity index (χ1v) is 11.2. The van der Waals surface area contributed by atoms with Crippen LogP contribution in [0.2, 0.25) is 0 Å². The molecule has 0 radical (unpaired) electrons. The van der Waals surface area contributed by atoms with Crippen LogP contribution in [0.25, 0.3) is 0 Å². The quantitative estimate of drug-likeness (QED) is 0.652. The number of ether oxygens (including phenoxy) is 1. The highest BCUT2D eigenvalue weighted by molar-refractivity contribution is 7.88. The molecule has 30 heavy (non-hydrogen) atoms. The summed E-state index contributed by atoms with van der Waals surface area (Å²) < 4.78 is 43.8. The Labute approximate surface area is 174 Å². The zero-order chi connectivity index (χ0) is 22.1. The van der Waals surface area contributed by atoms with E-state index in [4.69, 9.17) is 10.5 Å². The summed E-state index contributed by atoms with van der Waals surface area (Å²) in [6.45, 7) is 2.38. The van der Waals surface area contributed by atoms with Gasteiger partial charge in [-0.2, -0.15) is 4.98 Å². The molecule has 3 rings (SSSR count). The highest BCUT2D eigenvalue weighted by atomic mass is 32.2. The van der Waals surface area contributed by atoms with Crippen molar-refractivity contribution in [2.75, 3.05) is 37.5 Å². The number of carbonyl (C=O) groups excluding carboxylic acids is 1. The van der Waals surface area contributed by atoms with Gasteiger partial charge < -0.3 is 15.8 Å². The predicted molar refractivity (Wildman–Crippen MR) is 111 cm³/mol. The number of aryl methyl sites for hydroxylation is 1. The third-order valence-corrected chi connectivity index (χ3v) is 6.35. The molecule has 0 saturated carbocycles. The number of aromatic nitrogens is 2. The van der Waals surface area contributed by atoms with Crippen molar-refractivity contribution in [3.63, 3.8) is 0 Å². The topological polar surface area (TPSA) is 128 Å². The summed E-state index contributed by atoms with van der Waals surface area (Å²) in [5.74, 6) is -0.648. The number of nitrogens with one attached hydrogen (secondary N) is 1. The van der Waals surface area contributed by atoms with E-state index in [0.717, 1.165) is 6.07 Å². The summed E-state index contributed by atoms with van der Waals surface area (Å²) >= 11 is 0. The number of carbonyl (C=O) groups is 1. The number of benzene rings is 1. The van der Waals surface area contributed by atoms with Crippen LogP contribution in [-0.4, -0.2) is 61.0 Å². The fraction of sp³-hybridized carbons (Fsp3) is 0.421. The van der Waals surface area contributed by atoms with Gasteiger partial charge in [-0.05, 0) is 37.5 Å². The van der Waals surface area contributed by atoms with Crippen LogP contribution in [0, 0.1) is 12.7 Å². The fourth-order valence-electron chi connectivity index (χ4n) is 3.30. The summed E-state index contributed by atoms with van der Waals surface area (Å²) in [5, 5.41) is 3.12. The van der Waals surface area contributed by atoms with E-state index in [1.54, 1.807) is 6.92 Å². The SMILES string of the molecule is COc1cc(C)c(F)cc1C(=O)c1cnc(NC2CCN(S(C)(=O)=O)CC2)nc1N. The average Bonchev–Trinajstić information content (AvgIpc) is 2.69. The lowest BCUT2D eigenvalue weighted by atomic mass is 10.0. The summed E-state index contributed by atoms with van der Waals surface area (Å²) in [5.41, 5.74) is 6.39. The van der Waals surface area contributed by atoms with Gasteiger partial charge in [-0.1, -0.05) is 0 Å². The summed E-state index contributed by atoms with van der Waals surface area (Å²) in [7, 11) is -1.81.